The number of carbonyl (C=O) groups excluding carboxylic acids is 2. The van der Waals surface area contributed by atoms with E-state index in [0.717, 1.165) is 19.2 Å². The van der Waals surface area contributed by atoms with Crippen LogP contribution in [0.4, 0.5) is 20.6 Å². The van der Waals surface area contributed by atoms with Gasteiger partial charge in [0.1, 0.15) is 11.4 Å². The molecule has 0 fully saturated rings. The molecule has 0 saturated carbocycles. The molecule has 0 aliphatic carbocycles. The smallest absolute Gasteiger partial charge is 0.413 e. The average molecular weight is 418 g/mol. The third-order valence-electron chi connectivity index (χ3n) is 3.71. The zero-order chi connectivity index (χ0) is 22.4. The SMILES string of the molecule is COc1cc([N+](=O)[O-])c(C(=O)Nc2ccc(C(=N)NC(=O)OC(C)C)cc2)cc1F. The quantitative estimate of drug-likeness (QED) is 0.284. The normalized spacial score (nSPS) is 10.3. The third-order valence-corrected chi connectivity index (χ3v) is 3.71. The topological polar surface area (TPSA) is 144 Å². The van der Waals surface area contributed by atoms with Crippen LogP contribution >= 0.6 is 0 Å². The molecule has 10 nitrogen and oxygen atoms in total. The summed E-state index contributed by atoms with van der Waals surface area (Å²) in [6.45, 7) is 3.33. The first-order valence-electron chi connectivity index (χ1n) is 8.62. The predicted molar refractivity (Wildman–Crippen MR) is 106 cm³/mol. The molecule has 0 heterocycles. The van der Waals surface area contributed by atoms with Crippen molar-refractivity contribution in [3.63, 3.8) is 0 Å². The third kappa shape index (κ3) is 5.50. The molecule has 11 heteroatoms. The lowest BCUT2D eigenvalue weighted by Crippen LogP contribution is -2.32. The lowest BCUT2D eigenvalue weighted by Gasteiger charge is -2.11. The van der Waals surface area contributed by atoms with Crippen molar-refractivity contribution in [3.05, 3.63) is 63.5 Å². The maximum atomic E-state index is 13.9. The highest BCUT2D eigenvalue weighted by Gasteiger charge is 2.24. The number of methoxy groups -OCH3 is 1. The van der Waals surface area contributed by atoms with Gasteiger partial charge in [-0.2, -0.15) is 0 Å². The van der Waals surface area contributed by atoms with Gasteiger partial charge in [0, 0.05) is 11.3 Å². The minimum absolute atomic E-state index is 0.216. The molecule has 0 atom stereocenters. The first-order chi connectivity index (χ1) is 14.1. The number of nitro groups is 1. The van der Waals surface area contributed by atoms with Crippen LogP contribution in [0.1, 0.15) is 29.8 Å². The predicted octanol–water partition coefficient (Wildman–Crippen LogP) is 3.45. The van der Waals surface area contributed by atoms with Gasteiger partial charge in [0.2, 0.25) is 0 Å². The van der Waals surface area contributed by atoms with Crippen LogP contribution in [0.3, 0.4) is 0 Å². The number of hydrogen-bond acceptors (Lipinski definition) is 7. The fraction of sp³-hybridized carbons (Fsp3) is 0.211. The largest absolute Gasteiger partial charge is 0.493 e. The van der Waals surface area contributed by atoms with Gasteiger partial charge in [0.15, 0.2) is 11.6 Å². The zero-order valence-corrected chi connectivity index (χ0v) is 16.3. The highest BCUT2D eigenvalue weighted by atomic mass is 19.1. The van der Waals surface area contributed by atoms with Crippen LogP contribution in [-0.2, 0) is 4.74 Å². The Kier molecular flexibility index (Phi) is 7.02. The second-order valence-electron chi connectivity index (χ2n) is 6.25. The van der Waals surface area contributed by atoms with Crippen molar-refractivity contribution in [2.45, 2.75) is 20.0 Å². The number of carbonyl (C=O) groups is 2. The van der Waals surface area contributed by atoms with Gasteiger partial charge >= 0.3 is 6.09 Å². The summed E-state index contributed by atoms with van der Waals surface area (Å²) in [5.74, 6) is -2.39. The molecule has 158 valence electrons. The summed E-state index contributed by atoms with van der Waals surface area (Å²) in [6.07, 6.45) is -1.12. The highest BCUT2D eigenvalue weighted by molar-refractivity contribution is 6.08. The number of ether oxygens (including phenoxy) is 2. The van der Waals surface area contributed by atoms with E-state index < -0.39 is 34.0 Å². The van der Waals surface area contributed by atoms with E-state index in [1.807, 2.05) is 0 Å². The van der Waals surface area contributed by atoms with Gasteiger partial charge in [-0.15, -0.1) is 0 Å². The summed E-state index contributed by atoms with van der Waals surface area (Å²) in [4.78, 5) is 34.4. The molecule has 2 aromatic rings. The van der Waals surface area contributed by atoms with Crippen LogP contribution in [0.5, 0.6) is 5.75 Å². The molecule has 30 heavy (non-hydrogen) atoms. The van der Waals surface area contributed by atoms with Gasteiger partial charge in [-0.25, -0.2) is 9.18 Å². The summed E-state index contributed by atoms with van der Waals surface area (Å²) in [6, 6.07) is 7.27. The number of halogens is 1. The number of alkyl carbamates (subject to hydrolysis) is 1. The summed E-state index contributed by atoms with van der Waals surface area (Å²) < 4.78 is 23.5. The Hall–Kier alpha value is -4.02. The Morgan fingerprint density at radius 1 is 1.20 bits per heavy atom. The zero-order valence-electron chi connectivity index (χ0n) is 16.3. The van der Waals surface area contributed by atoms with Crippen LogP contribution in [0.15, 0.2) is 36.4 Å². The van der Waals surface area contributed by atoms with Crippen LogP contribution in [0.25, 0.3) is 0 Å². The minimum Gasteiger partial charge on any atom is -0.493 e. The van der Waals surface area contributed by atoms with Gasteiger partial charge in [-0.3, -0.25) is 25.6 Å². The van der Waals surface area contributed by atoms with Crippen LogP contribution < -0.4 is 15.4 Å². The number of amides is 2. The number of hydrogen-bond donors (Lipinski definition) is 3. The fourth-order valence-electron chi connectivity index (χ4n) is 2.37. The summed E-state index contributed by atoms with van der Waals surface area (Å²) in [5, 5.41) is 23.7. The Morgan fingerprint density at radius 2 is 1.83 bits per heavy atom. The monoisotopic (exact) mass is 418 g/mol. The molecule has 0 saturated heterocycles. The minimum atomic E-state index is -0.920. The van der Waals surface area contributed by atoms with Crippen LogP contribution in [0, 0.1) is 21.3 Å². The van der Waals surface area contributed by atoms with Gasteiger partial charge < -0.3 is 14.8 Å². The molecule has 2 amide bonds. The van der Waals surface area contributed by atoms with Crippen molar-refractivity contribution in [2.24, 2.45) is 0 Å². The van der Waals surface area contributed by atoms with E-state index in [9.17, 15) is 24.1 Å². The first kappa shape index (κ1) is 22.3. The molecule has 0 bridgehead atoms. The summed E-state index contributed by atoms with van der Waals surface area (Å²) in [5.41, 5.74) is -0.521. The second-order valence-corrected chi connectivity index (χ2v) is 6.25. The molecule has 0 spiro atoms. The fourth-order valence-corrected chi connectivity index (χ4v) is 2.37. The second kappa shape index (κ2) is 9.45. The number of benzene rings is 2. The van der Waals surface area contributed by atoms with E-state index in [2.05, 4.69) is 10.6 Å². The molecule has 0 unspecified atom stereocenters. The molecule has 0 aliphatic heterocycles. The van der Waals surface area contributed by atoms with Crippen molar-refractivity contribution >= 4 is 29.2 Å². The molecular formula is C19H19FN4O6. The van der Waals surface area contributed by atoms with Gasteiger partial charge in [-0.1, -0.05) is 0 Å². The molecule has 0 radical (unpaired) electrons. The molecular weight excluding hydrogens is 399 g/mol. The van der Waals surface area contributed by atoms with Crippen molar-refractivity contribution in [1.29, 1.82) is 5.41 Å². The molecule has 2 rings (SSSR count). The van der Waals surface area contributed by atoms with E-state index >= 15 is 0 Å². The summed E-state index contributed by atoms with van der Waals surface area (Å²) in [7, 11) is 1.15. The lowest BCUT2D eigenvalue weighted by molar-refractivity contribution is -0.385. The number of amidine groups is 1. The maximum absolute atomic E-state index is 13.9. The lowest BCUT2D eigenvalue weighted by atomic mass is 10.1. The molecule has 3 N–H and O–H groups in total. The number of nitrogens with zero attached hydrogens (tertiary/aromatic N) is 1. The van der Waals surface area contributed by atoms with E-state index in [4.69, 9.17) is 14.9 Å². The van der Waals surface area contributed by atoms with Gasteiger partial charge in [0.05, 0.1) is 24.2 Å². The maximum Gasteiger partial charge on any atom is 0.413 e. The van der Waals surface area contributed by atoms with E-state index in [1.54, 1.807) is 13.8 Å². The summed E-state index contributed by atoms with van der Waals surface area (Å²) >= 11 is 0. The molecule has 2 aromatic carbocycles. The number of nitro benzene ring substituents is 1. The van der Waals surface area contributed by atoms with Gasteiger partial charge in [0.25, 0.3) is 11.6 Å². The van der Waals surface area contributed by atoms with Crippen molar-refractivity contribution in [1.82, 2.24) is 5.32 Å². The van der Waals surface area contributed by atoms with Crippen LogP contribution in [-0.4, -0.2) is 36.0 Å². The van der Waals surface area contributed by atoms with Crippen molar-refractivity contribution in [3.8, 4) is 5.75 Å². The Labute approximate surface area is 170 Å². The highest BCUT2D eigenvalue weighted by Crippen LogP contribution is 2.28. The standard InChI is InChI=1S/C19H19FN4O6/c1-10(2)30-19(26)23-17(21)11-4-6-12(7-5-11)22-18(25)13-8-14(20)16(29-3)9-15(13)24(27)28/h4-10H,1-3H3,(H,22,25)(H2,21,23,26). The van der Waals surface area contributed by atoms with E-state index in [-0.39, 0.29) is 23.4 Å². The van der Waals surface area contributed by atoms with Crippen LogP contribution in [0.2, 0.25) is 0 Å². The van der Waals surface area contributed by atoms with E-state index in [1.165, 1.54) is 24.3 Å². The number of rotatable bonds is 6. The molecule has 0 aliphatic rings. The first-order valence-corrected chi connectivity index (χ1v) is 8.62. The average Bonchev–Trinajstić information content (AvgIpc) is 2.67. The van der Waals surface area contributed by atoms with Crippen molar-refractivity contribution < 1.29 is 28.4 Å². The van der Waals surface area contributed by atoms with Crippen molar-refractivity contribution in [2.75, 3.05) is 12.4 Å². The Morgan fingerprint density at radius 3 is 2.37 bits per heavy atom. The molecule has 0 aromatic heterocycles. The van der Waals surface area contributed by atoms with Gasteiger partial charge in [-0.05, 0) is 44.2 Å². The van der Waals surface area contributed by atoms with E-state index in [0.29, 0.717) is 5.56 Å². The Bertz CT molecular complexity index is 991. The number of anilines is 1. The number of nitrogens with one attached hydrogen (secondary N) is 3. The Balaban J connectivity index is 2.15.